The number of rotatable bonds is 9. The number of hydrogen-bond acceptors (Lipinski definition) is 4. The van der Waals surface area contributed by atoms with Crippen LogP contribution in [0.15, 0.2) is 48.5 Å². The van der Waals surface area contributed by atoms with E-state index >= 15 is 0 Å². The number of hydrogen-bond donors (Lipinski definition) is 3. The molecule has 3 atom stereocenters. The molecule has 0 aromatic heterocycles. The molecule has 1 saturated carbocycles. The van der Waals surface area contributed by atoms with Crippen LogP contribution in [0.25, 0.3) is 11.1 Å². The highest BCUT2D eigenvalue weighted by molar-refractivity contribution is 5.80. The van der Waals surface area contributed by atoms with Crippen molar-refractivity contribution in [3.8, 4) is 11.1 Å². The average Bonchev–Trinajstić information content (AvgIpc) is 3.16. The van der Waals surface area contributed by atoms with Gasteiger partial charge in [-0.15, -0.1) is 0 Å². The van der Waals surface area contributed by atoms with Crippen molar-refractivity contribution < 1.29 is 24.2 Å². The first kappa shape index (κ1) is 24.8. The monoisotopic (exact) mass is 478 g/mol. The number of benzene rings is 2. The highest BCUT2D eigenvalue weighted by atomic mass is 16.5. The average molecular weight is 479 g/mol. The predicted octanol–water partition coefficient (Wildman–Crippen LogP) is 4.84. The lowest BCUT2D eigenvalue weighted by molar-refractivity contribution is -0.138. The van der Waals surface area contributed by atoms with Crippen LogP contribution in [-0.4, -0.2) is 41.8 Å². The summed E-state index contributed by atoms with van der Waals surface area (Å²) in [7, 11) is 0. The van der Waals surface area contributed by atoms with Crippen LogP contribution in [0.2, 0.25) is 0 Å². The van der Waals surface area contributed by atoms with Gasteiger partial charge in [0.2, 0.25) is 5.91 Å². The van der Waals surface area contributed by atoms with E-state index in [1.165, 1.54) is 22.3 Å². The predicted molar refractivity (Wildman–Crippen MR) is 133 cm³/mol. The Labute approximate surface area is 206 Å². The maximum atomic E-state index is 12.8. The first-order valence-corrected chi connectivity index (χ1v) is 12.6. The number of aliphatic carboxylic acids is 1. The maximum absolute atomic E-state index is 12.8. The van der Waals surface area contributed by atoms with E-state index in [0.717, 1.165) is 25.7 Å². The molecule has 1 unspecified atom stereocenters. The Morgan fingerprint density at radius 1 is 1.03 bits per heavy atom. The van der Waals surface area contributed by atoms with Crippen LogP contribution in [0.5, 0.6) is 0 Å². The summed E-state index contributed by atoms with van der Waals surface area (Å²) in [6.07, 6.45) is 3.77. The van der Waals surface area contributed by atoms with E-state index in [1.807, 2.05) is 31.2 Å². The summed E-state index contributed by atoms with van der Waals surface area (Å²) in [6.45, 7) is 2.22. The van der Waals surface area contributed by atoms with Crippen LogP contribution in [0, 0.1) is 5.92 Å². The zero-order valence-corrected chi connectivity index (χ0v) is 20.2. The van der Waals surface area contributed by atoms with Gasteiger partial charge >= 0.3 is 12.1 Å². The molecule has 2 aliphatic rings. The van der Waals surface area contributed by atoms with Gasteiger partial charge in [-0.1, -0.05) is 68.3 Å². The van der Waals surface area contributed by atoms with Gasteiger partial charge in [-0.3, -0.25) is 9.59 Å². The molecule has 7 heteroatoms. The summed E-state index contributed by atoms with van der Waals surface area (Å²) < 4.78 is 5.66. The van der Waals surface area contributed by atoms with Crippen LogP contribution in [-0.2, 0) is 14.3 Å². The Balaban J connectivity index is 1.30. The highest BCUT2D eigenvalue weighted by Crippen LogP contribution is 2.44. The molecule has 1 fully saturated rings. The van der Waals surface area contributed by atoms with E-state index in [9.17, 15) is 14.4 Å². The molecule has 0 radical (unpaired) electrons. The Hall–Kier alpha value is -3.35. The van der Waals surface area contributed by atoms with Gasteiger partial charge in [-0.2, -0.15) is 0 Å². The summed E-state index contributed by atoms with van der Waals surface area (Å²) in [6, 6.07) is 15.9. The first-order chi connectivity index (χ1) is 17.0. The fraction of sp³-hybridized carbons (Fsp3) is 0.464. The van der Waals surface area contributed by atoms with Gasteiger partial charge < -0.3 is 20.5 Å². The molecular weight excluding hydrogens is 444 g/mol. The lowest BCUT2D eigenvalue weighted by atomic mass is 9.85. The van der Waals surface area contributed by atoms with Gasteiger partial charge in [-0.05, 0) is 47.9 Å². The van der Waals surface area contributed by atoms with Crippen LogP contribution in [0.1, 0.15) is 68.9 Å². The molecule has 0 heterocycles. The quantitative estimate of drug-likeness (QED) is 0.478. The van der Waals surface area contributed by atoms with Gasteiger partial charge in [0.25, 0.3) is 0 Å². The normalized spacial score (nSPS) is 19.8. The molecule has 0 bridgehead atoms. The van der Waals surface area contributed by atoms with Gasteiger partial charge in [0.15, 0.2) is 0 Å². The van der Waals surface area contributed by atoms with Gasteiger partial charge in [0.05, 0.1) is 6.42 Å². The molecular formula is C28H34N2O5. The number of carboxylic acids is 1. The Bertz CT molecular complexity index is 1020. The van der Waals surface area contributed by atoms with E-state index in [4.69, 9.17) is 9.84 Å². The number of carbonyl (C=O) groups excluding carboxylic acids is 2. The number of carbonyl (C=O) groups is 3. The van der Waals surface area contributed by atoms with E-state index < -0.39 is 12.1 Å². The van der Waals surface area contributed by atoms with Crippen molar-refractivity contribution in [1.82, 2.24) is 10.6 Å². The van der Waals surface area contributed by atoms with E-state index in [-0.39, 0.29) is 42.9 Å². The van der Waals surface area contributed by atoms with Crippen LogP contribution in [0.3, 0.4) is 0 Å². The summed E-state index contributed by atoms with van der Waals surface area (Å²) in [5.74, 6) is -1.27. The summed E-state index contributed by atoms with van der Waals surface area (Å²) >= 11 is 0. The fourth-order valence-electron chi connectivity index (χ4n) is 5.47. The lowest BCUT2D eigenvalue weighted by Crippen LogP contribution is -2.45. The molecule has 186 valence electrons. The first-order valence-electron chi connectivity index (χ1n) is 12.6. The molecule has 0 saturated heterocycles. The Morgan fingerprint density at radius 2 is 1.69 bits per heavy atom. The highest BCUT2D eigenvalue weighted by Gasteiger charge is 2.31. The number of alkyl carbamates (subject to hydrolysis) is 1. The SMILES string of the molecule is CCCC(CC(=O)O)NC(=O)[C@@H]1CCC[C@H](NC(=O)OCC2c3ccccc3-c3ccccc32)C1. The zero-order valence-electron chi connectivity index (χ0n) is 20.2. The molecule has 2 aromatic rings. The number of nitrogens with one attached hydrogen (secondary N) is 2. The minimum absolute atomic E-state index is 0.00256. The van der Waals surface area contributed by atoms with Crippen molar-refractivity contribution in [2.45, 2.75) is 69.9 Å². The fourth-order valence-corrected chi connectivity index (χ4v) is 5.47. The molecule has 7 nitrogen and oxygen atoms in total. The molecule has 35 heavy (non-hydrogen) atoms. The second-order valence-corrected chi connectivity index (χ2v) is 9.62. The zero-order chi connectivity index (χ0) is 24.8. The van der Waals surface area contributed by atoms with Crippen molar-refractivity contribution in [3.63, 3.8) is 0 Å². The third kappa shape index (κ3) is 6.02. The maximum Gasteiger partial charge on any atom is 0.407 e. The number of amides is 2. The largest absolute Gasteiger partial charge is 0.481 e. The second-order valence-electron chi connectivity index (χ2n) is 9.62. The van der Waals surface area contributed by atoms with Crippen LogP contribution < -0.4 is 10.6 Å². The molecule has 0 spiro atoms. The molecule has 2 amide bonds. The van der Waals surface area contributed by atoms with Crippen molar-refractivity contribution in [1.29, 1.82) is 0 Å². The molecule has 2 aliphatic carbocycles. The number of fused-ring (bicyclic) bond motifs is 3. The van der Waals surface area contributed by atoms with Gasteiger partial charge in [0, 0.05) is 23.9 Å². The van der Waals surface area contributed by atoms with Crippen molar-refractivity contribution >= 4 is 18.0 Å². The number of carboxylic acid groups (broad SMARTS) is 1. The van der Waals surface area contributed by atoms with Crippen LogP contribution in [0.4, 0.5) is 4.79 Å². The van der Waals surface area contributed by atoms with Gasteiger partial charge in [0.1, 0.15) is 6.61 Å². The summed E-state index contributed by atoms with van der Waals surface area (Å²) in [5.41, 5.74) is 4.70. The third-order valence-electron chi connectivity index (χ3n) is 7.12. The van der Waals surface area contributed by atoms with Gasteiger partial charge in [-0.25, -0.2) is 4.79 Å². The smallest absolute Gasteiger partial charge is 0.407 e. The Kier molecular flexibility index (Phi) is 8.06. The molecule has 0 aliphatic heterocycles. The van der Waals surface area contributed by atoms with E-state index in [2.05, 4.69) is 34.9 Å². The van der Waals surface area contributed by atoms with Crippen molar-refractivity contribution in [2.75, 3.05) is 6.61 Å². The molecule has 2 aromatic carbocycles. The minimum atomic E-state index is -0.915. The summed E-state index contributed by atoms with van der Waals surface area (Å²) in [4.78, 5) is 36.5. The Morgan fingerprint density at radius 3 is 2.31 bits per heavy atom. The topological polar surface area (TPSA) is 105 Å². The van der Waals surface area contributed by atoms with Crippen molar-refractivity contribution in [2.24, 2.45) is 5.92 Å². The molecule has 4 rings (SSSR count). The van der Waals surface area contributed by atoms with E-state index in [0.29, 0.717) is 12.8 Å². The third-order valence-corrected chi connectivity index (χ3v) is 7.12. The number of ether oxygens (including phenoxy) is 1. The second kappa shape index (κ2) is 11.4. The minimum Gasteiger partial charge on any atom is -0.481 e. The summed E-state index contributed by atoms with van der Waals surface area (Å²) in [5, 5.41) is 15.0. The molecule has 3 N–H and O–H groups in total. The van der Waals surface area contributed by atoms with Crippen molar-refractivity contribution in [3.05, 3.63) is 59.7 Å². The lowest BCUT2D eigenvalue weighted by Gasteiger charge is -2.30. The standard InChI is InChI=1S/C28H34N2O5/c1-2-8-19(16-26(31)32)29-27(33)18-9-7-10-20(15-18)30-28(34)35-17-25-23-13-5-3-11-21(23)22-12-4-6-14-24(22)25/h3-6,11-14,18-20,25H,2,7-10,15-17H2,1H3,(H,29,33)(H,30,34)(H,31,32)/t18-,19?,20+/m1/s1. The van der Waals surface area contributed by atoms with Crippen LogP contribution >= 0.6 is 0 Å². The van der Waals surface area contributed by atoms with E-state index in [1.54, 1.807) is 0 Å².